The maximum absolute atomic E-state index is 10.5. The molecule has 0 heterocycles. The first-order chi connectivity index (χ1) is 7.45. The van der Waals surface area contributed by atoms with Crippen LogP contribution in [0.25, 0.3) is 0 Å². The number of hydrogen-bond acceptors (Lipinski definition) is 4. The Morgan fingerprint density at radius 1 is 1.62 bits per heavy atom. The van der Waals surface area contributed by atoms with Gasteiger partial charge in [-0.05, 0) is 11.6 Å². The van der Waals surface area contributed by atoms with Crippen LogP contribution in [-0.2, 0) is 4.79 Å². The molecule has 0 saturated heterocycles. The molecule has 5 nitrogen and oxygen atoms in total. The van der Waals surface area contributed by atoms with E-state index in [0.29, 0.717) is 5.56 Å². The van der Waals surface area contributed by atoms with Crippen molar-refractivity contribution in [2.45, 2.75) is 12.5 Å². The van der Waals surface area contributed by atoms with Gasteiger partial charge in [0.15, 0.2) is 11.5 Å². The lowest BCUT2D eigenvalue weighted by atomic mass is 10.0. The maximum atomic E-state index is 10.5. The first-order valence-electron chi connectivity index (χ1n) is 4.49. The van der Waals surface area contributed by atoms with Gasteiger partial charge in [0.05, 0.1) is 13.5 Å². The van der Waals surface area contributed by atoms with Crippen molar-refractivity contribution in [2.75, 3.05) is 7.11 Å². The normalized spacial score (nSPS) is 12.2. The summed E-state index contributed by atoms with van der Waals surface area (Å²) in [5.41, 5.74) is 6.02. The van der Waals surface area contributed by atoms with E-state index in [1.165, 1.54) is 19.2 Å². The van der Waals surface area contributed by atoms with E-state index >= 15 is 0 Å². The van der Waals surface area contributed by atoms with Crippen LogP contribution in [0.3, 0.4) is 0 Å². The van der Waals surface area contributed by atoms with Crippen molar-refractivity contribution in [3.05, 3.63) is 22.7 Å². The summed E-state index contributed by atoms with van der Waals surface area (Å²) in [6.45, 7) is 0. The third-order valence-corrected chi connectivity index (χ3v) is 2.42. The van der Waals surface area contributed by atoms with Crippen LogP contribution in [-0.4, -0.2) is 23.3 Å². The fourth-order valence-electron chi connectivity index (χ4n) is 1.31. The van der Waals surface area contributed by atoms with Gasteiger partial charge in [0, 0.05) is 17.1 Å². The highest BCUT2D eigenvalue weighted by Crippen LogP contribution is 2.35. The predicted octanol–water partition coefficient (Wildman–Crippen LogP) is 1.53. The average Bonchev–Trinajstić information content (AvgIpc) is 2.19. The molecule has 16 heavy (non-hydrogen) atoms. The van der Waals surface area contributed by atoms with Crippen LogP contribution in [0, 0.1) is 0 Å². The van der Waals surface area contributed by atoms with E-state index < -0.39 is 12.0 Å². The Hall–Kier alpha value is -1.46. The molecule has 1 aromatic carbocycles. The van der Waals surface area contributed by atoms with Crippen LogP contribution in [0.1, 0.15) is 18.0 Å². The largest absolute Gasteiger partial charge is 0.504 e. The van der Waals surface area contributed by atoms with Gasteiger partial charge in [-0.1, -0.05) is 11.6 Å². The second kappa shape index (κ2) is 5.05. The first-order valence-corrected chi connectivity index (χ1v) is 4.87. The number of aliphatic carboxylic acids is 1. The van der Waals surface area contributed by atoms with Crippen molar-refractivity contribution >= 4 is 17.6 Å². The molecule has 6 heteroatoms. The second-order valence-electron chi connectivity index (χ2n) is 3.25. The summed E-state index contributed by atoms with van der Waals surface area (Å²) in [6, 6.07) is 1.95. The SMILES string of the molecule is COc1cc(Cl)c(C(N)CC(=O)O)cc1O. The summed E-state index contributed by atoms with van der Waals surface area (Å²) in [5, 5.41) is 18.4. The molecule has 0 amide bonds. The number of carboxylic acids is 1. The van der Waals surface area contributed by atoms with E-state index in [-0.39, 0.29) is 22.9 Å². The third kappa shape index (κ3) is 2.77. The van der Waals surface area contributed by atoms with Crippen molar-refractivity contribution < 1.29 is 19.7 Å². The van der Waals surface area contributed by atoms with E-state index in [0.717, 1.165) is 0 Å². The number of phenolic OH excluding ortho intramolecular Hbond substituents is 1. The molecule has 0 aliphatic heterocycles. The minimum atomic E-state index is -1.03. The van der Waals surface area contributed by atoms with E-state index in [1.807, 2.05) is 0 Å². The molecule has 0 aromatic heterocycles. The lowest BCUT2D eigenvalue weighted by molar-refractivity contribution is -0.137. The molecule has 4 N–H and O–H groups in total. The summed E-state index contributed by atoms with van der Waals surface area (Å²) >= 11 is 5.89. The van der Waals surface area contributed by atoms with Crippen LogP contribution in [0.5, 0.6) is 11.5 Å². The minimum absolute atomic E-state index is 0.122. The quantitative estimate of drug-likeness (QED) is 0.748. The van der Waals surface area contributed by atoms with Gasteiger partial charge in [-0.15, -0.1) is 0 Å². The molecule has 0 fully saturated rings. The summed E-state index contributed by atoms with van der Waals surface area (Å²) in [7, 11) is 1.39. The Kier molecular flexibility index (Phi) is 3.98. The van der Waals surface area contributed by atoms with Crippen molar-refractivity contribution in [1.82, 2.24) is 0 Å². The Morgan fingerprint density at radius 2 is 2.25 bits per heavy atom. The van der Waals surface area contributed by atoms with Crippen LogP contribution in [0.15, 0.2) is 12.1 Å². The number of carbonyl (C=O) groups is 1. The number of phenols is 1. The Balaban J connectivity index is 3.05. The Bertz CT molecular complexity index is 408. The highest BCUT2D eigenvalue weighted by atomic mass is 35.5. The fraction of sp³-hybridized carbons (Fsp3) is 0.300. The molecule has 1 unspecified atom stereocenters. The summed E-state index contributed by atoms with van der Waals surface area (Å²) in [5.74, 6) is -0.933. The van der Waals surface area contributed by atoms with Gasteiger partial charge in [0.25, 0.3) is 0 Å². The van der Waals surface area contributed by atoms with Crippen molar-refractivity contribution in [1.29, 1.82) is 0 Å². The number of benzene rings is 1. The molecule has 0 spiro atoms. The number of aromatic hydroxyl groups is 1. The highest BCUT2D eigenvalue weighted by Gasteiger charge is 2.16. The van der Waals surface area contributed by atoms with Crippen molar-refractivity contribution in [3.8, 4) is 11.5 Å². The smallest absolute Gasteiger partial charge is 0.305 e. The van der Waals surface area contributed by atoms with Crippen LogP contribution < -0.4 is 10.5 Å². The third-order valence-electron chi connectivity index (χ3n) is 2.09. The highest BCUT2D eigenvalue weighted by molar-refractivity contribution is 6.31. The molecule has 88 valence electrons. The number of hydrogen-bond donors (Lipinski definition) is 3. The molecule has 0 aliphatic carbocycles. The van der Waals surface area contributed by atoms with Gasteiger partial charge >= 0.3 is 5.97 Å². The zero-order valence-electron chi connectivity index (χ0n) is 8.61. The van der Waals surface area contributed by atoms with Gasteiger partial charge in [0.1, 0.15) is 0 Å². The number of methoxy groups -OCH3 is 1. The molecule has 0 radical (unpaired) electrons. The standard InChI is InChI=1S/C10H12ClNO4/c1-16-9-3-6(11)5(2-8(9)13)7(12)4-10(14)15/h2-3,7,13H,4,12H2,1H3,(H,14,15). The zero-order chi connectivity index (χ0) is 12.3. The van der Waals surface area contributed by atoms with E-state index in [1.54, 1.807) is 0 Å². The molecule has 0 aliphatic rings. The molecular formula is C10H12ClNO4. The molecule has 1 atom stereocenters. The van der Waals surface area contributed by atoms with Crippen LogP contribution in [0.2, 0.25) is 5.02 Å². The number of nitrogens with two attached hydrogens (primary N) is 1. The Morgan fingerprint density at radius 3 is 2.75 bits per heavy atom. The summed E-state index contributed by atoms with van der Waals surface area (Å²) in [6.07, 6.45) is -0.258. The zero-order valence-corrected chi connectivity index (χ0v) is 9.36. The second-order valence-corrected chi connectivity index (χ2v) is 3.66. The van der Waals surface area contributed by atoms with Gasteiger partial charge in [-0.3, -0.25) is 4.79 Å². The molecule has 0 saturated carbocycles. The van der Waals surface area contributed by atoms with Crippen LogP contribution >= 0.6 is 11.6 Å². The molecular weight excluding hydrogens is 234 g/mol. The molecule has 1 aromatic rings. The lowest BCUT2D eigenvalue weighted by Gasteiger charge is -2.13. The van der Waals surface area contributed by atoms with E-state index in [2.05, 4.69) is 0 Å². The number of carboxylic acid groups (broad SMARTS) is 1. The lowest BCUT2D eigenvalue weighted by Crippen LogP contribution is -2.15. The Labute approximate surface area is 97.4 Å². The van der Waals surface area contributed by atoms with E-state index in [4.69, 9.17) is 27.2 Å². The van der Waals surface area contributed by atoms with Gasteiger partial charge in [0.2, 0.25) is 0 Å². The minimum Gasteiger partial charge on any atom is -0.504 e. The topological polar surface area (TPSA) is 92.8 Å². The fourth-order valence-corrected chi connectivity index (χ4v) is 1.60. The van der Waals surface area contributed by atoms with Crippen molar-refractivity contribution in [2.24, 2.45) is 5.73 Å². The number of halogens is 1. The first kappa shape index (κ1) is 12.6. The number of ether oxygens (including phenoxy) is 1. The molecule has 0 bridgehead atoms. The van der Waals surface area contributed by atoms with E-state index in [9.17, 15) is 9.90 Å². The van der Waals surface area contributed by atoms with Crippen molar-refractivity contribution in [3.63, 3.8) is 0 Å². The number of rotatable bonds is 4. The average molecular weight is 246 g/mol. The summed E-state index contributed by atoms with van der Waals surface area (Å²) in [4.78, 5) is 10.5. The van der Waals surface area contributed by atoms with Crippen LogP contribution in [0.4, 0.5) is 0 Å². The maximum Gasteiger partial charge on any atom is 0.305 e. The monoisotopic (exact) mass is 245 g/mol. The summed E-state index contributed by atoms with van der Waals surface area (Å²) < 4.78 is 4.85. The molecule has 1 rings (SSSR count). The van der Waals surface area contributed by atoms with Gasteiger partial charge in [-0.25, -0.2) is 0 Å². The van der Waals surface area contributed by atoms with Gasteiger partial charge < -0.3 is 20.7 Å². The van der Waals surface area contributed by atoms with Gasteiger partial charge in [-0.2, -0.15) is 0 Å². The predicted molar refractivity (Wildman–Crippen MR) is 58.9 cm³/mol.